The molecule has 2 amide bonds. The Hall–Kier alpha value is -2.71. The summed E-state index contributed by atoms with van der Waals surface area (Å²) in [6, 6.07) is 9.15. The molecule has 0 bridgehead atoms. The van der Waals surface area contributed by atoms with Crippen molar-refractivity contribution in [2.75, 3.05) is 18.6 Å². The fourth-order valence-corrected chi connectivity index (χ4v) is 3.93. The first-order chi connectivity index (χ1) is 14.2. The molecule has 156 valence electrons. The predicted molar refractivity (Wildman–Crippen MR) is 124 cm³/mol. The lowest BCUT2D eigenvalue weighted by Crippen LogP contribution is -2.54. The maximum absolute atomic E-state index is 13.3. The van der Waals surface area contributed by atoms with Gasteiger partial charge in [0.05, 0.1) is 19.4 Å². The van der Waals surface area contributed by atoms with Gasteiger partial charge in [0.15, 0.2) is 16.6 Å². The van der Waals surface area contributed by atoms with Crippen LogP contribution >= 0.6 is 28.1 Å². The van der Waals surface area contributed by atoms with E-state index >= 15 is 0 Å². The van der Waals surface area contributed by atoms with Crippen molar-refractivity contribution in [1.29, 1.82) is 0 Å². The molecule has 8 heteroatoms. The van der Waals surface area contributed by atoms with Crippen LogP contribution in [0.1, 0.15) is 23.6 Å². The summed E-state index contributed by atoms with van der Waals surface area (Å²) in [7, 11) is 1.54. The molecule has 0 spiro atoms. The molecule has 2 aromatic rings. The molecular weight excluding hydrogens is 468 g/mol. The molecule has 0 radical (unpaired) electrons. The molecule has 1 heterocycles. The molecule has 1 aliphatic rings. The summed E-state index contributed by atoms with van der Waals surface area (Å²) in [5.41, 5.74) is 3.16. The number of anilines is 1. The number of hydrogen-bond acceptors (Lipinski definition) is 5. The van der Waals surface area contributed by atoms with Crippen LogP contribution in [0.5, 0.6) is 11.5 Å². The fourth-order valence-electron chi connectivity index (χ4n) is 3.22. The number of hydrogen-bond donors (Lipinski definition) is 1. The number of benzene rings is 2. The number of ether oxygens (including phenoxy) is 2. The van der Waals surface area contributed by atoms with E-state index < -0.39 is 11.8 Å². The van der Waals surface area contributed by atoms with Gasteiger partial charge in [0.2, 0.25) is 0 Å². The van der Waals surface area contributed by atoms with E-state index in [0.717, 1.165) is 11.1 Å². The van der Waals surface area contributed by atoms with Gasteiger partial charge in [0.25, 0.3) is 11.8 Å². The number of thiocarbonyl (C=S) groups is 1. The van der Waals surface area contributed by atoms with Crippen LogP contribution < -0.4 is 19.7 Å². The zero-order chi connectivity index (χ0) is 22.0. The van der Waals surface area contributed by atoms with E-state index in [9.17, 15) is 9.59 Å². The van der Waals surface area contributed by atoms with E-state index in [0.29, 0.717) is 33.8 Å². The molecule has 2 aromatic carbocycles. The van der Waals surface area contributed by atoms with Gasteiger partial charge in [-0.05, 0) is 80.0 Å². The third-order valence-corrected chi connectivity index (χ3v) is 5.42. The van der Waals surface area contributed by atoms with Gasteiger partial charge in [-0.15, -0.1) is 0 Å². The molecular formula is C22H21BrN2O4S. The molecule has 0 aromatic heterocycles. The van der Waals surface area contributed by atoms with Crippen LogP contribution in [0.3, 0.4) is 0 Å². The number of nitrogens with zero attached hydrogens (tertiary/aromatic N) is 1. The van der Waals surface area contributed by atoms with Crippen molar-refractivity contribution in [1.82, 2.24) is 5.32 Å². The standard InChI is InChI=1S/C22H21BrN2O4S/c1-5-29-19-10-14(17(23)11-18(19)28-4)9-16-20(26)24-22(30)25(21(16)27)15-7-12(2)6-13(3)8-15/h6-11H,5H2,1-4H3,(H,24,26,30)/b16-9+. The SMILES string of the molecule is CCOc1cc(/C=C2\C(=O)NC(=S)N(c3cc(C)cc(C)c3)C2=O)c(Br)cc1OC. The highest BCUT2D eigenvalue weighted by atomic mass is 79.9. The monoisotopic (exact) mass is 488 g/mol. The largest absolute Gasteiger partial charge is 0.493 e. The zero-order valence-electron chi connectivity index (χ0n) is 17.0. The summed E-state index contributed by atoms with van der Waals surface area (Å²) in [5.74, 6) is 0.0180. The number of halogens is 1. The number of nitrogens with one attached hydrogen (secondary N) is 1. The van der Waals surface area contributed by atoms with Gasteiger partial charge in [-0.1, -0.05) is 22.0 Å². The topological polar surface area (TPSA) is 67.9 Å². The van der Waals surface area contributed by atoms with Crippen molar-refractivity contribution in [3.05, 3.63) is 57.1 Å². The first kappa shape index (κ1) is 22.0. The normalized spacial score (nSPS) is 15.4. The smallest absolute Gasteiger partial charge is 0.270 e. The Morgan fingerprint density at radius 2 is 1.77 bits per heavy atom. The molecule has 1 fully saturated rings. The highest BCUT2D eigenvalue weighted by Crippen LogP contribution is 2.35. The highest BCUT2D eigenvalue weighted by Gasteiger charge is 2.34. The van der Waals surface area contributed by atoms with Gasteiger partial charge in [-0.25, -0.2) is 0 Å². The number of rotatable bonds is 5. The van der Waals surface area contributed by atoms with Crippen molar-refractivity contribution in [3.8, 4) is 11.5 Å². The molecule has 1 aliphatic heterocycles. The Bertz CT molecular complexity index is 1060. The summed E-state index contributed by atoms with van der Waals surface area (Å²) < 4.78 is 11.6. The Morgan fingerprint density at radius 1 is 1.10 bits per heavy atom. The molecule has 30 heavy (non-hydrogen) atoms. The Kier molecular flexibility index (Phi) is 6.58. The second-order valence-corrected chi connectivity index (χ2v) is 8.00. The average Bonchev–Trinajstić information content (AvgIpc) is 2.66. The summed E-state index contributed by atoms with van der Waals surface area (Å²) in [6.07, 6.45) is 1.52. The van der Waals surface area contributed by atoms with Gasteiger partial charge in [-0.2, -0.15) is 0 Å². The number of carbonyl (C=O) groups is 2. The minimum Gasteiger partial charge on any atom is -0.493 e. The lowest BCUT2D eigenvalue weighted by Gasteiger charge is -2.29. The first-order valence-electron chi connectivity index (χ1n) is 9.25. The van der Waals surface area contributed by atoms with Gasteiger partial charge in [-0.3, -0.25) is 19.8 Å². The maximum Gasteiger partial charge on any atom is 0.270 e. The number of aryl methyl sites for hydroxylation is 2. The van der Waals surface area contributed by atoms with Crippen LogP contribution in [0, 0.1) is 13.8 Å². The van der Waals surface area contributed by atoms with E-state index in [1.807, 2.05) is 39.0 Å². The third-order valence-electron chi connectivity index (χ3n) is 4.45. The van der Waals surface area contributed by atoms with Crippen LogP contribution in [0.2, 0.25) is 0 Å². The van der Waals surface area contributed by atoms with Crippen LogP contribution in [0.25, 0.3) is 6.08 Å². The molecule has 1 N–H and O–H groups in total. The van der Waals surface area contributed by atoms with Crippen molar-refractivity contribution in [2.45, 2.75) is 20.8 Å². The first-order valence-corrected chi connectivity index (χ1v) is 10.4. The molecule has 3 rings (SSSR count). The molecule has 0 saturated carbocycles. The van der Waals surface area contributed by atoms with Crippen LogP contribution in [-0.2, 0) is 9.59 Å². The molecule has 1 saturated heterocycles. The van der Waals surface area contributed by atoms with E-state index in [4.69, 9.17) is 21.7 Å². The second-order valence-electron chi connectivity index (χ2n) is 6.76. The third kappa shape index (κ3) is 4.39. The van der Waals surface area contributed by atoms with Gasteiger partial charge < -0.3 is 9.47 Å². The fraction of sp³-hybridized carbons (Fsp3) is 0.227. The van der Waals surface area contributed by atoms with Crippen LogP contribution in [-0.4, -0.2) is 30.6 Å². The summed E-state index contributed by atoms with van der Waals surface area (Å²) >= 11 is 8.75. The van der Waals surface area contributed by atoms with Gasteiger partial charge >= 0.3 is 0 Å². The Balaban J connectivity index is 2.08. The molecule has 0 aliphatic carbocycles. The lowest BCUT2D eigenvalue weighted by atomic mass is 10.1. The summed E-state index contributed by atoms with van der Waals surface area (Å²) in [6.45, 7) is 6.18. The van der Waals surface area contributed by atoms with Crippen molar-refractivity contribution < 1.29 is 19.1 Å². The maximum atomic E-state index is 13.3. The zero-order valence-corrected chi connectivity index (χ0v) is 19.4. The van der Waals surface area contributed by atoms with Gasteiger partial charge in [0, 0.05) is 4.47 Å². The number of methoxy groups -OCH3 is 1. The Morgan fingerprint density at radius 3 is 2.37 bits per heavy atom. The van der Waals surface area contributed by atoms with Gasteiger partial charge in [0.1, 0.15) is 5.57 Å². The van der Waals surface area contributed by atoms with E-state index in [2.05, 4.69) is 21.2 Å². The van der Waals surface area contributed by atoms with Crippen LogP contribution in [0.15, 0.2) is 40.4 Å². The van der Waals surface area contributed by atoms with E-state index in [1.165, 1.54) is 11.0 Å². The Labute approximate surface area is 189 Å². The summed E-state index contributed by atoms with van der Waals surface area (Å²) in [5, 5.41) is 2.66. The molecule has 0 atom stereocenters. The second kappa shape index (κ2) is 8.97. The predicted octanol–water partition coefficient (Wildman–Crippen LogP) is 4.30. The van der Waals surface area contributed by atoms with E-state index in [1.54, 1.807) is 19.2 Å². The average molecular weight is 489 g/mol. The van der Waals surface area contributed by atoms with Crippen molar-refractivity contribution in [3.63, 3.8) is 0 Å². The quantitative estimate of drug-likeness (QED) is 0.385. The van der Waals surface area contributed by atoms with Crippen LogP contribution in [0.4, 0.5) is 5.69 Å². The highest BCUT2D eigenvalue weighted by molar-refractivity contribution is 9.10. The van der Waals surface area contributed by atoms with E-state index in [-0.39, 0.29) is 10.7 Å². The molecule has 6 nitrogen and oxygen atoms in total. The number of carbonyl (C=O) groups excluding carboxylic acids is 2. The minimum atomic E-state index is -0.550. The van der Waals surface area contributed by atoms with Crippen molar-refractivity contribution in [2.24, 2.45) is 0 Å². The van der Waals surface area contributed by atoms with Crippen molar-refractivity contribution >= 4 is 56.8 Å². The lowest BCUT2D eigenvalue weighted by molar-refractivity contribution is -0.122. The molecule has 0 unspecified atom stereocenters. The number of amides is 2. The minimum absolute atomic E-state index is 0.0314. The summed E-state index contributed by atoms with van der Waals surface area (Å²) in [4.78, 5) is 27.2.